The zero-order chi connectivity index (χ0) is 34.3. The first-order chi connectivity index (χ1) is 22.0. The quantitative estimate of drug-likeness (QED) is 0.116. The fraction of sp³-hybridized carbons (Fsp3) is 0.303. The molecule has 246 valence electrons. The zero-order valence-corrected chi connectivity index (χ0v) is 27.4. The van der Waals surface area contributed by atoms with Gasteiger partial charge in [-0.05, 0) is 54.0 Å². The molecule has 14 heteroatoms. The minimum atomic E-state index is -4.69. The molecule has 0 unspecified atom stereocenters. The van der Waals surface area contributed by atoms with Crippen molar-refractivity contribution in [3.8, 4) is 5.69 Å². The van der Waals surface area contributed by atoms with E-state index in [1.807, 2.05) is 6.07 Å². The van der Waals surface area contributed by atoms with Crippen LogP contribution < -0.4 is 10.6 Å². The van der Waals surface area contributed by atoms with Gasteiger partial charge in [0.1, 0.15) is 11.9 Å². The highest BCUT2D eigenvalue weighted by Crippen LogP contribution is 2.43. The lowest BCUT2D eigenvalue weighted by atomic mass is 9.81. The Morgan fingerprint density at radius 3 is 2.36 bits per heavy atom. The van der Waals surface area contributed by atoms with Crippen LogP contribution in [0.3, 0.4) is 0 Å². The van der Waals surface area contributed by atoms with Gasteiger partial charge in [0.15, 0.2) is 8.32 Å². The molecule has 0 fully saturated rings. The molecular formula is C33H34F3N5O5Si. The molecule has 2 amide bonds. The molecular weight excluding hydrogens is 631 g/mol. The van der Waals surface area contributed by atoms with Gasteiger partial charge < -0.3 is 15.1 Å². The number of anilines is 1. The van der Waals surface area contributed by atoms with E-state index < -0.39 is 48.8 Å². The zero-order valence-electron chi connectivity index (χ0n) is 26.4. The Kier molecular flexibility index (Phi) is 8.86. The van der Waals surface area contributed by atoms with Gasteiger partial charge in [-0.1, -0.05) is 57.2 Å². The number of hydrogen-bond acceptors (Lipinski definition) is 6. The summed E-state index contributed by atoms with van der Waals surface area (Å²) in [6.45, 7) is 10.4. The standard InChI is InChI=1S/C33H34F3N5O5Si/c1-32(2,3)47(4,5)46-19-25-27-26(20-11-10-16-24(18-20)41(44)45)28(37-30(42)21-12-9-13-22(17-21)33(34,35)36)31(43)38-29(27)40(39-25)23-14-7-6-8-15-23/h6-18,26,28H,19H2,1-5H3,(H,37,42)(H,38,43)/t26-,28+/m0/s1. The van der Waals surface area contributed by atoms with E-state index in [0.29, 0.717) is 28.6 Å². The minimum absolute atomic E-state index is 0.0360. The van der Waals surface area contributed by atoms with Gasteiger partial charge in [-0.25, -0.2) is 4.68 Å². The second kappa shape index (κ2) is 12.4. The summed E-state index contributed by atoms with van der Waals surface area (Å²) in [7, 11) is -2.34. The summed E-state index contributed by atoms with van der Waals surface area (Å²) in [5.74, 6) is -2.34. The van der Waals surface area contributed by atoms with Crippen LogP contribution in [0.25, 0.3) is 5.69 Å². The molecule has 2 N–H and O–H groups in total. The number of hydrogen-bond donors (Lipinski definition) is 2. The Morgan fingerprint density at radius 1 is 1.04 bits per heavy atom. The van der Waals surface area contributed by atoms with Gasteiger partial charge in [0.25, 0.3) is 11.6 Å². The Hall–Kier alpha value is -4.82. The van der Waals surface area contributed by atoms with E-state index in [2.05, 4.69) is 44.5 Å². The fourth-order valence-corrected chi connectivity index (χ4v) is 6.09. The van der Waals surface area contributed by atoms with Crippen LogP contribution in [0.1, 0.15) is 59.4 Å². The van der Waals surface area contributed by atoms with Crippen LogP contribution in [0.5, 0.6) is 0 Å². The molecule has 2 heterocycles. The fourth-order valence-electron chi connectivity index (χ4n) is 5.16. The van der Waals surface area contributed by atoms with Crippen LogP contribution in [-0.2, 0) is 22.0 Å². The SMILES string of the molecule is CC(C)(C)[Si](C)(C)OCc1nn(-c2ccccc2)c2c1[C@H](c1cccc([N+](=O)[O-])c1)[C@@H](NC(=O)c1cccc(C(F)(F)F)c1)C(=O)N2. The van der Waals surface area contributed by atoms with Gasteiger partial charge in [0.2, 0.25) is 5.91 Å². The van der Waals surface area contributed by atoms with Crippen molar-refractivity contribution in [1.29, 1.82) is 0 Å². The summed E-state index contributed by atoms with van der Waals surface area (Å²) in [5, 5.41) is 22.0. The molecule has 1 aliphatic rings. The number of carbonyl (C=O) groups excluding carboxylic acids is 2. The van der Waals surface area contributed by atoms with Gasteiger partial charge in [-0.15, -0.1) is 0 Å². The van der Waals surface area contributed by atoms with Gasteiger partial charge in [0, 0.05) is 29.2 Å². The first-order valence-electron chi connectivity index (χ1n) is 14.8. The summed E-state index contributed by atoms with van der Waals surface area (Å²) >= 11 is 0. The molecule has 0 aliphatic carbocycles. The normalized spacial score (nSPS) is 16.7. The highest BCUT2D eigenvalue weighted by atomic mass is 28.4. The summed E-state index contributed by atoms with van der Waals surface area (Å²) in [6.07, 6.45) is -4.69. The summed E-state index contributed by atoms with van der Waals surface area (Å²) < 4.78 is 48.4. The molecule has 0 radical (unpaired) electrons. The number of benzene rings is 3. The maximum Gasteiger partial charge on any atom is 0.416 e. The second-order valence-electron chi connectivity index (χ2n) is 12.9. The second-order valence-corrected chi connectivity index (χ2v) is 17.7. The van der Waals surface area contributed by atoms with E-state index in [0.717, 1.165) is 12.1 Å². The van der Waals surface area contributed by atoms with Crippen molar-refractivity contribution in [2.24, 2.45) is 0 Å². The highest BCUT2D eigenvalue weighted by Gasteiger charge is 2.44. The number of aromatic nitrogens is 2. The number of halogens is 3. The van der Waals surface area contributed by atoms with Crippen LogP contribution in [0, 0.1) is 10.1 Å². The molecule has 5 rings (SSSR count). The summed E-state index contributed by atoms with van der Waals surface area (Å²) in [4.78, 5) is 38.6. The predicted molar refractivity (Wildman–Crippen MR) is 172 cm³/mol. The van der Waals surface area contributed by atoms with Gasteiger partial charge in [-0.3, -0.25) is 19.7 Å². The number of nitrogens with zero attached hydrogens (tertiary/aromatic N) is 3. The van der Waals surface area contributed by atoms with Gasteiger partial charge in [-0.2, -0.15) is 18.3 Å². The minimum Gasteiger partial charge on any atom is -0.411 e. The molecule has 0 bridgehead atoms. The molecule has 47 heavy (non-hydrogen) atoms. The number of alkyl halides is 3. The topological polar surface area (TPSA) is 128 Å². The molecule has 10 nitrogen and oxygen atoms in total. The largest absolute Gasteiger partial charge is 0.416 e. The van der Waals surface area contributed by atoms with Crippen molar-refractivity contribution in [3.05, 3.63) is 117 Å². The average molecular weight is 666 g/mol. The maximum atomic E-state index is 13.9. The third kappa shape index (κ3) is 6.83. The van der Waals surface area contributed by atoms with Gasteiger partial charge >= 0.3 is 6.18 Å². The van der Waals surface area contributed by atoms with E-state index in [4.69, 9.17) is 9.52 Å². The van der Waals surface area contributed by atoms with Crippen molar-refractivity contribution in [3.63, 3.8) is 0 Å². The van der Waals surface area contributed by atoms with E-state index in [9.17, 15) is 32.9 Å². The molecule has 2 atom stereocenters. The van der Waals surface area contributed by atoms with Crippen molar-refractivity contribution in [2.75, 3.05) is 5.32 Å². The number of nitrogens with one attached hydrogen (secondary N) is 2. The smallest absolute Gasteiger partial charge is 0.411 e. The third-order valence-corrected chi connectivity index (χ3v) is 13.2. The lowest BCUT2D eigenvalue weighted by Gasteiger charge is -2.36. The van der Waals surface area contributed by atoms with Crippen molar-refractivity contribution >= 4 is 31.6 Å². The number of para-hydroxylation sites is 1. The molecule has 3 aromatic carbocycles. The molecule has 0 spiro atoms. The summed E-state index contributed by atoms with van der Waals surface area (Å²) in [5.41, 5.74) is 0.262. The van der Waals surface area contributed by atoms with Crippen LogP contribution in [0.15, 0.2) is 78.9 Å². The van der Waals surface area contributed by atoms with Crippen molar-refractivity contribution in [1.82, 2.24) is 15.1 Å². The number of carbonyl (C=O) groups is 2. The Labute approximate surface area is 270 Å². The summed E-state index contributed by atoms with van der Waals surface area (Å²) in [6, 6.07) is 17.2. The molecule has 0 saturated carbocycles. The first kappa shape index (κ1) is 33.5. The average Bonchev–Trinajstić information content (AvgIpc) is 3.37. The number of non-ortho nitro benzene ring substituents is 1. The van der Waals surface area contributed by atoms with Gasteiger partial charge in [0.05, 0.1) is 28.5 Å². The number of nitro benzene ring substituents is 1. The molecule has 1 aromatic heterocycles. The van der Waals surface area contributed by atoms with Crippen molar-refractivity contribution < 1.29 is 32.1 Å². The number of fused-ring (bicyclic) bond motifs is 1. The lowest BCUT2D eigenvalue weighted by Crippen LogP contribution is -2.51. The number of nitro groups is 1. The van der Waals surface area contributed by atoms with Crippen molar-refractivity contribution in [2.45, 2.75) is 63.6 Å². The Morgan fingerprint density at radius 2 is 1.72 bits per heavy atom. The number of rotatable bonds is 8. The Balaban J connectivity index is 1.68. The molecule has 1 aliphatic heterocycles. The third-order valence-electron chi connectivity index (χ3n) is 8.72. The lowest BCUT2D eigenvalue weighted by molar-refractivity contribution is -0.384. The van der Waals surface area contributed by atoms with Crippen LogP contribution >= 0.6 is 0 Å². The van der Waals surface area contributed by atoms with E-state index in [1.165, 1.54) is 24.3 Å². The van der Waals surface area contributed by atoms with Crippen LogP contribution in [0.2, 0.25) is 18.1 Å². The molecule has 0 saturated heterocycles. The van der Waals surface area contributed by atoms with E-state index >= 15 is 0 Å². The Bertz CT molecular complexity index is 1840. The highest BCUT2D eigenvalue weighted by molar-refractivity contribution is 6.74. The number of amides is 2. The first-order valence-corrected chi connectivity index (χ1v) is 17.7. The van der Waals surface area contributed by atoms with Crippen LogP contribution in [0.4, 0.5) is 24.7 Å². The van der Waals surface area contributed by atoms with E-state index in [-0.39, 0.29) is 28.7 Å². The maximum absolute atomic E-state index is 13.9. The monoisotopic (exact) mass is 665 g/mol. The predicted octanol–water partition coefficient (Wildman–Crippen LogP) is 7.20. The molecule has 4 aromatic rings. The van der Waals surface area contributed by atoms with Crippen LogP contribution in [-0.4, -0.2) is 40.9 Å². The van der Waals surface area contributed by atoms with E-state index in [1.54, 1.807) is 35.0 Å².